The molecule has 2 aliphatic rings. The summed E-state index contributed by atoms with van der Waals surface area (Å²) in [6.07, 6.45) is 3.95. The topological polar surface area (TPSA) is 70.7 Å². The number of carbonyl (C=O) groups is 2. The Balaban J connectivity index is 1.34. The molecule has 6 nitrogen and oxygen atoms in total. The summed E-state index contributed by atoms with van der Waals surface area (Å²) in [7, 11) is 0. The van der Waals surface area contributed by atoms with Crippen LogP contribution >= 0.6 is 0 Å². The van der Waals surface area contributed by atoms with Crippen LogP contribution in [0.1, 0.15) is 47.2 Å². The molecular formula is C26H33N3O3. The van der Waals surface area contributed by atoms with Gasteiger partial charge in [0.1, 0.15) is 0 Å². The number of amides is 2. The second-order valence-corrected chi connectivity index (χ2v) is 8.94. The fraction of sp³-hybridized carbons (Fsp3) is 0.462. The molecule has 4 rings (SSSR count). The molecule has 2 fully saturated rings. The third kappa shape index (κ3) is 5.96. The van der Waals surface area contributed by atoms with Crippen molar-refractivity contribution < 1.29 is 14.3 Å². The van der Waals surface area contributed by atoms with Crippen LogP contribution in [-0.2, 0) is 16.1 Å². The van der Waals surface area contributed by atoms with Crippen LogP contribution in [0.3, 0.4) is 0 Å². The second kappa shape index (κ2) is 10.7. The number of carbonyl (C=O) groups excluding carboxylic acids is 2. The van der Waals surface area contributed by atoms with Crippen molar-refractivity contribution in [1.29, 1.82) is 0 Å². The van der Waals surface area contributed by atoms with E-state index >= 15 is 0 Å². The predicted octanol–water partition coefficient (Wildman–Crippen LogP) is 3.75. The van der Waals surface area contributed by atoms with Crippen LogP contribution in [0.4, 0.5) is 5.69 Å². The first-order chi connectivity index (χ1) is 15.6. The molecular weight excluding hydrogens is 402 g/mol. The summed E-state index contributed by atoms with van der Waals surface area (Å²) in [6.45, 7) is 5.93. The van der Waals surface area contributed by atoms with Gasteiger partial charge in [0.05, 0.1) is 23.3 Å². The van der Waals surface area contributed by atoms with Crippen LogP contribution in [0.25, 0.3) is 0 Å². The van der Waals surface area contributed by atoms with Gasteiger partial charge in [0.2, 0.25) is 5.91 Å². The largest absolute Gasteiger partial charge is 0.376 e. The summed E-state index contributed by atoms with van der Waals surface area (Å²) in [5.74, 6) is -0.281. The van der Waals surface area contributed by atoms with Crippen LogP contribution in [0.2, 0.25) is 0 Å². The molecule has 2 N–H and O–H groups in total. The van der Waals surface area contributed by atoms with E-state index in [2.05, 4.69) is 46.7 Å². The number of aryl methyl sites for hydroxylation is 1. The van der Waals surface area contributed by atoms with Crippen molar-refractivity contribution in [2.24, 2.45) is 5.92 Å². The maximum absolute atomic E-state index is 13.1. The normalized spacial score (nSPS) is 21.3. The van der Waals surface area contributed by atoms with Crippen LogP contribution in [0, 0.1) is 12.8 Å². The summed E-state index contributed by atoms with van der Waals surface area (Å²) in [5.41, 5.74) is 3.58. The molecule has 170 valence electrons. The zero-order valence-electron chi connectivity index (χ0n) is 18.8. The SMILES string of the molecule is Cc1ccc(CN2CCCC(C(=O)Nc3ccccc3C(=O)NCC3CCCO3)C2)cc1. The highest BCUT2D eigenvalue weighted by molar-refractivity contribution is 6.04. The number of piperidine rings is 1. The van der Waals surface area contributed by atoms with Crippen molar-refractivity contribution in [3.05, 3.63) is 65.2 Å². The Morgan fingerprint density at radius 3 is 2.66 bits per heavy atom. The van der Waals surface area contributed by atoms with E-state index in [1.165, 1.54) is 11.1 Å². The van der Waals surface area contributed by atoms with Crippen LogP contribution in [-0.4, -0.2) is 49.1 Å². The highest BCUT2D eigenvalue weighted by Gasteiger charge is 2.27. The first kappa shape index (κ1) is 22.5. The Kier molecular flexibility index (Phi) is 7.55. The molecule has 2 aromatic rings. The molecule has 2 heterocycles. The lowest BCUT2D eigenvalue weighted by Gasteiger charge is -2.32. The maximum atomic E-state index is 13.1. The van der Waals surface area contributed by atoms with E-state index in [1.807, 2.05) is 12.1 Å². The molecule has 2 amide bonds. The molecule has 0 aromatic heterocycles. The van der Waals surface area contributed by atoms with Crippen molar-refractivity contribution in [2.75, 3.05) is 31.6 Å². The highest BCUT2D eigenvalue weighted by Crippen LogP contribution is 2.22. The number of nitrogens with zero attached hydrogens (tertiary/aromatic N) is 1. The standard InChI is InChI=1S/C26H33N3O3/c1-19-10-12-20(13-11-19)17-29-14-4-6-21(18-29)25(30)28-24-9-3-2-8-23(24)26(31)27-16-22-7-5-15-32-22/h2-3,8-13,21-22H,4-7,14-18H2,1H3,(H,27,31)(H,28,30). The molecule has 2 aromatic carbocycles. The molecule has 2 aliphatic heterocycles. The van der Waals surface area contributed by atoms with E-state index in [9.17, 15) is 9.59 Å². The third-order valence-electron chi connectivity index (χ3n) is 6.35. The summed E-state index contributed by atoms with van der Waals surface area (Å²) in [6, 6.07) is 15.8. The van der Waals surface area contributed by atoms with Gasteiger partial charge >= 0.3 is 0 Å². The summed E-state index contributed by atoms with van der Waals surface area (Å²) >= 11 is 0. The van der Waals surface area contributed by atoms with Crippen molar-refractivity contribution in [3.8, 4) is 0 Å². The van der Waals surface area contributed by atoms with Crippen molar-refractivity contribution in [2.45, 2.75) is 45.3 Å². The molecule has 0 bridgehead atoms. The highest BCUT2D eigenvalue weighted by atomic mass is 16.5. The van der Waals surface area contributed by atoms with Crippen LogP contribution in [0.5, 0.6) is 0 Å². The van der Waals surface area contributed by atoms with Gasteiger partial charge in [-0.2, -0.15) is 0 Å². The number of anilines is 1. The zero-order valence-corrected chi connectivity index (χ0v) is 18.8. The van der Waals surface area contributed by atoms with E-state index < -0.39 is 0 Å². The quantitative estimate of drug-likeness (QED) is 0.695. The number of nitrogens with one attached hydrogen (secondary N) is 2. The summed E-state index contributed by atoms with van der Waals surface area (Å²) in [5, 5.41) is 5.97. The molecule has 0 aliphatic carbocycles. The predicted molar refractivity (Wildman–Crippen MR) is 126 cm³/mol. The number of hydrogen-bond donors (Lipinski definition) is 2. The van der Waals surface area contributed by atoms with Gasteiger partial charge in [-0.15, -0.1) is 0 Å². The fourth-order valence-electron chi connectivity index (χ4n) is 4.50. The van der Waals surface area contributed by atoms with Crippen molar-refractivity contribution in [1.82, 2.24) is 10.2 Å². The van der Waals surface area contributed by atoms with Gasteiger partial charge in [0.25, 0.3) is 5.91 Å². The minimum absolute atomic E-state index is 0.0158. The first-order valence-electron chi connectivity index (χ1n) is 11.7. The Labute approximate surface area is 190 Å². The fourth-order valence-corrected chi connectivity index (χ4v) is 4.50. The van der Waals surface area contributed by atoms with Gasteiger partial charge in [0.15, 0.2) is 0 Å². The summed E-state index contributed by atoms with van der Waals surface area (Å²) in [4.78, 5) is 28.1. The van der Waals surface area contributed by atoms with Crippen molar-refractivity contribution >= 4 is 17.5 Å². The Morgan fingerprint density at radius 2 is 1.88 bits per heavy atom. The number of ether oxygens (including phenoxy) is 1. The van der Waals surface area contributed by atoms with Gasteiger partial charge in [-0.1, -0.05) is 42.0 Å². The monoisotopic (exact) mass is 435 g/mol. The lowest BCUT2D eigenvalue weighted by molar-refractivity contribution is -0.121. The summed E-state index contributed by atoms with van der Waals surface area (Å²) < 4.78 is 5.58. The second-order valence-electron chi connectivity index (χ2n) is 8.94. The van der Waals surface area contributed by atoms with Gasteiger partial charge < -0.3 is 15.4 Å². The molecule has 32 heavy (non-hydrogen) atoms. The molecule has 2 atom stereocenters. The number of likely N-dealkylation sites (tertiary alicyclic amines) is 1. The zero-order chi connectivity index (χ0) is 22.3. The third-order valence-corrected chi connectivity index (χ3v) is 6.35. The molecule has 2 unspecified atom stereocenters. The molecule has 0 radical (unpaired) electrons. The molecule has 0 saturated carbocycles. The van der Waals surface area contributed by atoms with E-state index in [-0.39, 0.29) is 23.8 Å². The van der Waals surface area contributed by atoms with E-state index in [0.29, 0.717) is 17.8 Å². The minimum Gasteiger partial charge on any atom is -0.376 e. The average molecular weight is 436 g/mol. The molecule has 6 heteroatoms. The van der Waals surface area contributed by atoms with Gasteiger partial charge in [-0.25, -0.2) is 0 Å². The number of hydrogen-bond acceptors (Lipinski definition) is 4. The van der Waals surface area contributed by atoms with E-state index in [4.69, 9.17) is 4.74 Å². The van der Waals surface area contributed by atoms with Crippen molar-refractivity contribution in [3.63, 3.8) is 0 Å². The Hall–Kier alpha value is -2.70. The van der Waals surface area contributed by atoms with E-state index in [1.54, 1.807) is 12.1 Å². The number of benzene rings is 2. The minimum atomic E-state index is -0.180. The number of rotatable bonds is 7. The number of para-hydroxylation sites is 1. The lowest BCUT2D eigenvalue weighted by atomic mass is 9.96. The molecule has 0 spiro atoms. The van der Waals surface area contributed by atoms with Crippen LogP contribution < -0.4 is 10.6 Å². The first-order valence-corrected chi connectivity index (χ1v) is 11.7. The maximum Gasteiger partial charge on any atom is 0.253 e. The molecule has 2 saturated heterocycles. The van der Waals surface area contributed by atoms with Gasteiger partial charge in [-0.3, -0.25) is 14.5 Å². The smallest absolute Gasteiger partial charge is 0.253 e. The van der Waals surface area contributed by atoms with E-state index in [0.717, 1.165) is 51.9 Å². The average Bonchev–Trinajstić information content (AvgIpc) is 3.33. The Bertz CT molecular complexity index is 922. The van der Waals surface area contributed by atoms with Crippen LogP contribution in [0.15, 0.2) is 48.5 Å². The lowest BCUT2D eigenvalue weighted by Crippen LogP contribution is -2.40. The van der Waals surface area contributed by atoms with Gasteiger partial charge in [-0.05, 0) is 56.8 Å². The van der Waals surface area contributed by atoms with Gasteiger partial charge in [0, 0.05) is 26.2 Å². The Morgan fingerprint density at radius 1 is 1.06 bits per heavy atom.